The quantitative estimate of drug-likeness (QED) is 0.706. The third-order valence-electron chi connectivity index (χ3n) is 3.05. The van der Waals surface area contributed by atoms with Gasteiger partial charge in [0.2, 0.25) is 10.0 Å². The molecule has 110 valence electrons. The van der Waals surface area contributed by atoms with Gasteiger partial charge in [0.05, 0.1) is 11.4 Å². The smallest absolute Gasteiger partial charge is 0.246 e. The zero-order valence-corrected chi connectivity index (χ0v) is 13.0. The molecule has 1 rings (SSSR count). The van der Waals surface area contributed by atoms with E-state index in [1.807, 2.05) is 0 Å². The minimum atomic E-state index is -3.46. The lowest BCUT2D eigenvalue weighted by Gasteiger charge is -2.17. The van der Waals surface area contributed by atoms with Crippen LogP contribution in [-0.2, 0) is 16.6 Å². The van der Waals surface area contributed by atoms with E-state index in [2.05, 4.69) is 22.4 Å². The van der Waals surface area contributed by atoms with Crippen molar-refractivity contribution in [2.75, 3.05) is 20.6 Å². The van der Waals surface area contributed by atoms with Crippen molar-refractivity contribution in [1.82, 2.24) is 19.8 Å². The Labute approximate surface area is 115 Å². The topological polar surface area (TPSA) is 78.1 Å². The van der Waals surface area contributed by atoms with Crippen molar-refractivity contribution in [1.29, 1.82) is 0 Å². The third-order valence-corrected chi connectivity index (χ3v) is 5.11. The Balaban J connectivity index is 2.96. The van der Waals surface area contributed by atoms with Gasteiger partial charge in [0.15, 0.2) is 0 Å². The van der Waals surface area contributed by atoms with E-state index in [0.717, 1.165) is 19.3 Å². The molecule has 0 fully saturated rings. The zero-order valence-electron chi connectivity index (χ0n) is 12.2. The summed E-state index contributed by atoms with van der Waals surface area (Å²) in [5.41, 5.74) is 1.13. The molecule has 0 spiro atoms. The summed E-state index contributed by atoms with van der Waals surface area (Å²) in [7, 11) is -0.0652. The van der Waals surface area contributed by atoms with Crippen LogP contribution >= 0.6 is 0 Å². The predicted octanol–water partition coefficient (Wildman–Crippen LogP) is 1.25. The fourth-order valence-electron chi connectivity index (χ4n) is 1.96. The molecule has 0 unspecified atom stereocenters. The summed E-state index contributed by atoms with van der Waals surface area (Å²) in [4.78, 5) is 0.306. The van der Waals surface area contributed by atoms with Crippen LogP contribution in [0.2, 0.25) is 0 Å². The van der Waals surface area contributed by atoms with Crippen LogP contribution in [0.25, 0.3) is 0 Å². The molecule has 0 aromatic carbocycles. The first-order valence-corrected chi connectivity index (χ1v) is 8.03. The molecule has 7 heteroatoms. The van der Waals surface area contributed by atoms with Crippen molar-refractivity contribution >= 4 is 10.0 Å². The maximum Gasteiger partial charge on any atom is 0.246 e. The molecule has 0 saturated carbocycles. The van der Waals surface area contributed by atoms with Gasteiger partial charge in [-0.2, -0.15) is 5.10 Å². The highest BCUT2D eigenvalue weighted by Crippen LogP contribution is 2.21. The number of hydrogen-bond acceptors (Lipinski definition) is 4. The van der Waals surface area contributed by atoms with Crippen molar-refractivity contribution in [3.05, 3.63) is 11.4 Å². The monoisotopic (exact) mass is 288 g/mol. The molecule has 6 nitrogen and oxygen atoms in total. The maximum absolute atomic E-state index is 12.5. The van der Waals surface area contributed by atoms with E-state index in [-0.39, 0.29) is 0 Å². The first-order chi connectivity index (χ1) is 8.95. The number of unbranched alkanes of at least 4 members (excludes halogenated alkanes) is 2. The molecule has 1 aromatic heterocycles. The van der Waals surface area contributed by atoms with Gasteiger partial charge >= 0.3 is 0 Å². The lowest BCUT2D eigenvalue weighted by Crippen LogP contribution is -2.29. The molecule has 0 aliphatic rings. The zero-order chi connectivity index (χ0) is 14.5. The number of nitrogens with one attached hydrogen (secondary N) is 2. The second-order valence-electron chi connectivity index (χ2n) is 4.69. The van der Waals surface area contributed by atoms with Gasteiger partial charge in [-0.15, -0.1) is 0 Å². The van der Waals surface area contributed by atoms with Gasteiger partial charge in [0.25, 0.3) is 0 Å². The molecule has 1 heterocycles. The van der Waals surface area contributed by atoms with Crippen molar-refractivity contribution in [2.24, 2.45) is 0 Å². The van der Waals surface area contributed by atoms with Gasteiger partial charge in [-0.25, -0.2) is 12.7 Å². The molecule has 0 saturated heterocycles. The average Bonchev–Trinajstić information content (AvgIpc) is 2.71. The number of rotatable bonds is 8. The molecular weight excluding hydrogens is 264 g/mol. The molecule has 0 bridgehead atoms. The standard InChI is InChI=1S/C12H24N4O2S/c1-5-6-7-8-16(4)19(17,18)12-10(2)14-15-11(12)9-13-3/h13H,5-9H2,1-4H3,(H,14,15). The van der Waals surface area contributed by atoms with Crippen LogP contribution in [0.5, 0.6) is 0 Å². The summed E-state index contributed by atoms with van der Waals surface area (Å²) in [6.07, 6.45) is 2.99. The summed E-state index contributed by atoms with van der Waals surface area (Å²) in [5.74, 6) is 0. The van der Waals surface area contributed by atoms with Crippen LogP contribution in [0.3, 0.4) is 0 Å². The second-order valence-corrected chi connectivity index (χ2v) is 6.67. The SMILES string of the molecule is CCCCCN(C)S(=O)(=O)c1c(CNC)n[nH]c1C. The highest BCUT2D eigenvalue weighted by Gasteiger charge is 2.27. The Morgan fingerprint density at radius 2 is 2.05 bits per heavy atom. The van der Waals surface area contributed by atoms with Crippen LogP contribution in [0, 0.1) is 6.92 Å². The van der Waals surface area contributed by atoms with Gasteiger partial charge in [-0.05, 0) is 20.4 Å². The minimum absolute atomic E-state index is 0.306. The van der Waals surface area contributed by atoms with E-state index in [9.17, 15) is 8.42 Å². The Morgan fingerprint density at radius 1 is 1.37 bits per heavy atom. The fourth-order valence-corrected chi connectivity index (χ4v) is 3.49. The van der Waals surface area contributed by atoms with E-state index >= 15 is 0 Å². The number of aryl methyl sites for hydroxylation is 1. The molecule has 19 heavy (non-hydrogen) atoms. The average molecular weight is 288 g/mol. The molecule has 0 radical (unpaired) electrons. The Hall–Kier alpha value is -0.920. The van der Waals surface area contributed by atoms with Crippen LogP contribution in [0.1, 0.15) is 37.6 Å². The van der Waals surface area contributed by atoms with Crippen LogP contribution in [0.4, 0.5) is 0 Å². The number of aromatic nitrogens is 2. The summed E-state index contributed by atoms with van der Waals surface area (Å²) in [6, 6.07) is 0. The number of H-pyrrole nitrogens is 1. The van der Waals surface area contributed by atoms with Gasteiger partial charge in [-0.3, -0.25) is 5.10 Å². The predicted molar refractivity (Wildman–Crippen MR) is 75.4 cm³/mol. The highest BCUT2D eigenvalue weighted by atomic mass is 32.2. The van der Waals surface area contributed by atoms with Crippen molar-refractivity contribution in [3.63, 3.8) is 0 Å². The van der Waals surface area contributed by atoms with Crippen LogP contribution < -0.4 is 5.32 Å². The van der Waals surface area contributed by atoms with Crippen molar-refractivity contribution in [2.45, 2.75) is 44.6 Å². The number of sulfonamides is 1. The second kappa shape index (κ2) is 7.02. The molecule has 2 N–H and O–H groups in total. The first-order valence-electron chi connectivity index (χ1n) is 6.59. The molecule has 0 amide bonds. The summed E-state index contributed by atoms with van der Waals surface area (Å²) in [5, 5.41) is 9.75. The molecular formula is C12H24N4O2S. The molecule has 1 aromatic rings. The van der Waals surface area contributed by atoms with E-state index in [1.165, 1.54) is 4.31 Å². The van der Waals surface area contributed by atoms with Gasteiger partial charge in [0, 0.05) is 20.1 Å². The lowest BCUT2D eigenvalue weighted by atomic mass is 10.2. The van der Waals surface area contributed by atoms with Gasteiger partial charge in [-0.1, -0.05) is 19.8 Å². The summed E-state index contributed by atoms with van der Waals surface area (Å²) in [6.45, 7) is 4.81. The van der Waals surface area contributed by atoms with Crippen molar-refractivity contribution < 1.29 is 8.42 Å². The van der Waals surface area contributed by atoms with Crippen molar-refractivity contribution in [3.8, 4) is 0 Å². The number of aromatic amines is 1. The lowest BCUT2D eigenvalue weighted by molar-refractivity contribution is 0.453. The molecule has 0 aliphatic heterocycles. The highest BCUT2D eigenvalue weighted by molar-refractivity contribution is 7.89. The Bertz CT molecular complexity index is 496. The van der Waals surface area contributed by atoms with E-state index < -0.39 is 10.0 Å². The van der Waals surface area contributed by atoms with Crippen LogP contribution in [-0.4, -0.2) is 43.6 Å². The largest absolute Gasteiger partial charge is 0.314 e. The molecule has 0 atom stereocenters. The third kappa shape index (κ3) is 3.77. The number of nitrogens with zero attached hydrogens (tertiary/aromatic N) is 2. The molecule has 0 aliphatic carbocycles. The normalized spacial score (nSPS) is 12.3. The van der Waals surface area contributed by atoms with E-state index in [0.29, 0.717) is 29.4 Å². The van der Waals surface area contributed by atoms with E-state index in [4.69, 9.17) is 0 Å². The Morgan fingerprint density at radius 3 is 2.63 bits per heavy atom. The minimum Gasteiger partial charge on any atom is -0.314 e. The van der Waals surface area contributed by atoms with E-state index in [1.54, 1.807) is 21.0 Å². The first kappa shape index (κ1) is 16.1. The Kier molecular flexibility index (Phi) is 5.96. The summed E-state index contributed by atoms with van der Waals surface area (Å²) >= 11 is 0. The van der Waals surface area contributed by atoms with Gasteiger partial charge < -0.3 is 5.32 Å². The number of hydrogen-bond donors (Lipinski definition) is 2. The summed E-state index contributed by atoms with van der Waals surface area (Å²) < 4.78 is 26.5. The van der Waals surface area contributed by atoms with Crippen LogP contribution in [0.15, 0.2) is 4.90 Å². The maximum atomic E-state index is 12.5. The van der Waals surface area contributed by atoms with Gasteiger partial charge in [0.1, 0.15) is 4.90 Å². The fraction of sp³-hybridized carbons (Fsp3) is 0.750.